The molecule has 1 nitrogen and oxygen atoms in total. The molecule has 0 saturated carbocycles. The third-order valence-corrected chi connectivity index (χ3v) is 3.65. The first-order valence-electron chi connectivity index (χ1n) is 5.76. The van der Waals surface area contributed by atoms with Gasteiger partial charge in [0.1, 0.15) is 0 Å². The van der Waals surface area contributed by atoms with Crippen LogP contribution < -0.4 is 5.32 Å². The molecule has 0 saturated heterocycles. The van der Waals surface area contributed by atoms with Crippen LogP contribution in [0, 0.1) is 0 Å². The summed E-state index contributed by atoms with van der Waals surface area (Å²) in [5.74, 6) is 0.769. The molecular formula is C13H18BrN. The van der Waals surface area contributed by atoms with Crippen LogP contribution in [0.2, 0.25) is 0 Å². The SMILES string of the molecule is BrCCCCNCC1Cc2ccccc21. The minimum atomic E-state index is 0.769. The predicted octanol–water partition coefficient (Wildman–Crippen LogP) is 3.09. The number of rotatable bonds is 6. The van der Waals surface area contributed by atoms with Crippen LogP contribution in [-0.2, 0) is 6.42 Å². The highest BCUT2D eigenvalue weighted by Gasteiger charge is 2.24. The lowest BCUT2D eigenvalue weighted by Gasteiger charge is -2.30. The second-order valence-corrected chi connectivity index (χ2v) is 4.99. The van der Waals surface area contributed by atoms with Crippen molar-refractivity contribution >= 4 is 15.9 Å². The Morgan fingerprint density at radius 1 is 1.27 bits per heavy atom. The Bertz CT molecular complexity index is 311. The van der Waals surface area contributed by atoms with Gasteiger partial charge in [0.15, 0.2) is 0 Å². The van der Waals surface area contributed by atoms with E-state index >= 15 is 0 Å². The zero-order valence-electron chi connectivity index (χ0n) is 9.01. The molecule has 0 fully saturated rings. The number of halogens is 1. The lowest BCUT2D eigenvalue weighted by molar-refractivity contribution is 0.528. The summed E-state index contributed by atoms with van der Waals surface area (Å²) >= 11 is 3.45. The van der Waals surface area contributed by atoms with E-state index in [4.69, 9.17) is 0 Å². The van der Waals surface area contributed by atoms with Gasteiger partial charge in [-0.3, -0.25) is 0 Å². The number of hydrogen-bond donors (Lipinski definition) is 1. The van der Waals surface area contributed by atoms with E-state index in [0.717, 1.165) is 24.3 Å². The van der Waals surface area contributed by atoms with E-state index in [1.54, 1.807) is 11.1 Å². The summed E-state index contributed by atoms with van der Waals surface area (Å²) < 4.78 is 0. The zero-order chi connectivity index (χ0) is 10.5. The van der Waals surface area contributed by atoms with E-state index in [-0.39, 0.29) is 0 Å². The highest BCUT2D eigenvalue weighted by Crippen LogP contribution is 2.33. The predicted molar refractivity (Wildman–Crippen MR) is 68.8 cm³/mol. The minimum Gasteiger partial charge on any atom is -0.316 e. The summed E-state index contributed by atoms with van der Waals surface area (Å²) in [4.78, 5) is 0. The molecule has 15 heavy (non-hydrogen) atoms. The summed E-state index contributed by atoms with van der Waals surface area (Å²) in [5.41, 5.74) is 3.11. The standard InChI is InChI=1S/C13H18BrN/c14-7-3-4-8-15-10-12-9-11-5-1-2-6-13(11)12/h1-2,5-6,12,15H,3-4,7-10H2. The zero-order valence-corrected chi connectivity index (χ0v) is 10.6. The van der Waals surface area contributed by atoms with Gasteiger partial charge in [0.05, 0.1) is 0 Å². The number of nitrogens with one attached hydrogen (secondary N) is 1. The largest absolute Gasteiger partial charge is 0.316 e. The molecule has 0 heterocycles. The maximum Gasteiger partial charge on any atom is 0.00317 e. The topological polar surface area (TPSA) is 12.0 Å². The molecule has 0 aliphatic heterocycles. The number of benzene rings is 1. The highest BCUT2D eigenvalue weighted by atomic mass is 79.9. The normalized spacial score (nSPS) is 18.3. The van der Waals surface area contributed by atoms with Gasteiger partial charge < -0.3 is 5.32 Å². The minimum absolute atomic E-state index is 0.769. The quantitative estimate of drug-likeness (QED) is 0.617. The van der Waals surface area contributed by atoms with Gasteiger partial charge in [-0.15, -0.1) is 0 Å². The van der Waals surface area contributed by atoms with Gasteiger partial charge >= 0.3 is 0 Å². The van der Waals surface area contributed by atoms with Crippen molar-refractivity contribution in [1.29, 1.82) is 0 Å². The fraction of sp³-hybridized carbons (Fsp3) is 0.538. The molecule has 0 spiro atoms. The van der Waals surface area contributed by atoms with E-state index < -0.39 is 0 Å². The Morgan fingerprint density at radius 2 is 2.13 bits per heavy atom. The molecule has 0 bridgehead atoms. The van der Waals surface area contributed by atoms with Crippen LogP contribution >= 0.6 is 15.9 Å². The van der Waals surface area contributed by atoms with E-state index in [0.29, 0.717) is 0 Å². The monoisotopic (exact) mass is 267 g/mol. The van der Waals surface area contributed by atoms with Gasteiger partial charge in [-0.25, -0.2) is 0 Å². The second-order valence-electron chi connectivity index (χ2n) is 4.20. The third kappa shape index (κ3) is 2.82. The molecule has 1 aromatic carbocycles. The van der Waals surface area contributed by atoms with Crippen LogP contribution in [0.1, 0.15) is 29.9 Å². The van der Waals surface area contributed by atoms with E-state index in [9.17, 15) is 0 Å². The van der Waals surface area contributed by atoms with Crippen LogP contribution in [0.25, 0.3) is 0 Å². The van der Waals surface area contributed by atoms with Crippen LogP contribution in [-0.4, -0.2) is 18.4 Å². The molecule has 0 radical (unpaired) electrons. The van der Waals surface area contributed by atoms with Gasteiger partial charge in [-0.2, -0.15) is 0 Å². The number of hydrogen-bond acceptors (Lipinski definition) is 1. The Balaban J connectivity index is 1.67. The molecule has 1 aliphatic carbocycles. The highest BCUT2D eigenvalue weighted by molar-refractivity contribution is 9.09. The van der Waals surface area contributed by atoms with Crippen molar-refractivity contribution < 1.29 is 0 Å². The maximum atomic E-state index is 3.54. The Kier molecular flexibility index (Phi) is 4.21. The molecule has 0 aromatic heterocycles. The van der Waals surface area contributed by atoms with Crippen molar-refractivity contribution in [1.82, 2.24) is 5.32 Å². The van der Waals surface area contributed by atoms with E-state index in [1.165, 1.54) is 19.3 Å². The fourth-order valence-electron chi connectivity index (χ4n) is 2.17. The first-order valence-corrected chi connectivity index (χ1v) is 6.88. The van der Waals surface area contributed by atoms with Gasteiger partial charge in [0, 0.05) is 17.8 Å². The summed E-state index contributed by atoms with van der Waals surface area (Å²) in [6.07, 6.45) is 3.81. The molecule has 1 aliphatic rings. The summed E-state index contributed by atoms with van der Waals surface area (Å²) in [7, 11) is 0. The van der Waals surface area contributed by atoms with Crippen LogP contribution in [0.5, 0.6) is 0 Å². The maximum absolute atomic E-state index is 3.54. The fourth-order valence-corrected chi connectivity index (χ4v) is 2.56. The lowest BCUT2D eigenvalue weighted by Crippen LogP contribution is -2.29. The number of alkyl halides is 1. The molecule has 82 valence electrons. The average Bonchev–Trinajstić information content (AvgIpc) is 2.24. The summed E-state index contributed by atoms with van der Waals surface area (Å²) in [6.45, 7) is 2.31. The van der Waals surface area contributed by atoms with E-state index in [1.807, 2.05) is 0 Å². The van der Waals surface area contributed by atoms with Crippen molar-refractivity contribution in [3.63, 3.8) is 0 Å². The molecule has 0 amide bonds. The van der Waals surface area contributed by atoms with Crippen LogP contribution in [0.3, 0.4) is 0 Å². The van der Waals surface area contributed by atoms with Crippen molar-refractivity contribution in [2.75, 3.05) is 18.4 Å². The van der Waals surface area contributed by atoms with Crippen LogP contribution in [0.15, 0.2) is 24.3 Å². The number of fused-ring (bicyclic) bond motifs is 1. The Labute approximate surface area is 100 Å². The van der Waals surface area contributed by atoms with Gasteiger partial charge in [0.2, 0.25) is 0 Å². The molecule has 1 atom stereocenters. The van der Waals surface area contributed by atoms with E-state index in [2.05, 4.69) is 45.5 Å². The molecule has 1 aromatic rings. The van der Waals surface area contributed by atoms with Crippen LogP contribution in [0.4, 0.5) is 0 Å². The smallest absolute Gasteiger partial charge is 0.00317 e. The van der Waals surface area contributed by atoms with Gasteiger partial charge in [0.25, 0.3) is 0 Å². The lowest BCUT2D eigenvalue weighted by atomic mass is 9.77. The van der Waals surface area contributed by atoms with Crippen molar-refractivity contribution in [2.45, 2.75) is 25.2 Å². The Hall–Kier alpha value is -0.340. The summed E-state index contributed by atoms with van der Waals surface area (Å²) in [6, 6.07) is 8.80. The number of unbranched alkanes of at least 4 members (excludes halogenated alkanes) is 1. The molecule has 2 rings (SSSR count). The van der Waals surface area contributed by atoms with Crippen molar-refractivity contribution in [2.24, 2.45) is 0 Å². The van der Waals surface area contributed by atoms with Crippen molar-refractivity contribution in [3.8, 4) is 0 Å². The molecule has 1 N–H and O–H groups in total. The average molecular weight is 268 g/mol. The Morgan fingerprint density at radius 3 is 2.93 bits per heavy atom. The van der Waals surface area contributed by atoms with Gasteiger partial charge in [-0.1, -0.05) is 40.2 Å². The second kappa shape index (κ2) is 5.66. The first kappa shape index (κ1) is 11.2. The molecule has 2 heteroatoms. The molecule has 1 unspecified atom stereocenters. The van der Waals surface area contributed by atoms with Crippen molar-refractivity contribution in [3.05, 3.63) is 35.4 Å². The third-order valence-electron chi connectivity index (χ3n) is 3.09. The molecular weight excluding hydrogens is 250 g/mol. The first-order chi connectivity index (χ1) is 7.42. The van der Waals surface area contributed by atoms with Gasteiger partial charge in [-0.05, 0) is 36.9 Å². The summed E-state index contributed by atoms with van der Waals surface area (Å²) in [5, 5.41) is 4.67.